The van der Waals surface area contributed by atoms with Gasteiger partial charge in [-0.25, -0.2) is 9.97 Å². The average Bonchev–Trinajstić information content (AvgIpc) is 2.70. The molecule has 1 N–H and O–H groups in total. The summed E-state index contributed by atoms with van der Waals surface area (Å²) >= 11 is 2.04. The standard InChI is InChI=1S/C14H24N4S/c1-4-12-16-13(15-5-2)11(3)14(17-12)18-7-6-9-19-10-8-18/h4-10H2,1-3H3,(H,15,16,17). The minimum absolute atomic E-state index is 0.883. The normalized spacial score (nSPS) is 16.3. The fourth-order valence-electron chi connectivity index (χ4n) is 2.31. The van der Waals surface area contributed by atoms with Gasteiger partial charge in [0.05, 0.1) is 0 Å². The average molecular weight is 280 g/mol. The molecule has 0 spiro atoms. The molecule has 106 valence electrons. The summed E-state index contributed by atoms with van der Waals surface area (Å²) in [6.45, 7) is 9.45. The van der Waals surface area contributed by atoms with Crippen LogP contribution in [0.2, 0.25) is 0 Å². The number of thioether (sulfide) groups is 1. The maximum Gasteiger partial charge on any atom is 0.137 e. The minimum atomic E-state index is 0.883. The van der Waals surface area contributed by atoms with Crippen molar-refractivity contribution >= 4 is 23.4 Å². The van der Waals surface area contributed by atoms with E-state index in [1.165, 1.54) is 23.5 Å². The molecule has 4 nitrogen and oxygen atoms in total. The molecule has 0 aromatic carbocycles. The Bertz CT molecular complexity index is 414. The molecular weight excluding hydrogens is 256 g/mol. The van der Waals surface area contributed by atoms with Gasteiger partial charge in [-0.3, -0.25) is 0 Å². The summed E-state index contributed by atoms with van der Waals surface area (Å²) in [5.74, 6) is 5.53. The summed E-state index contributed by atoms with van der Waals surface area (Å²) in [5, 5.41) is 3.36. The van der Waals surface area contributed by atoms with Crippen LogP contribution in [0.4, 0.5) is 11.6 Å². The van der Waals surface area contributed by atoms with Gasteiger partial charge in [0, 0.05) is 37.4 Å². The Balaban J connectivity index is 2.33. The zero-order valence-electron chi connectivity index (χ0n) is 12.2. The van der Waals surface area contributed by atoms with Crippen molar-refractivity contribution in [2.24, 2.45) is 0 Å². The predicted octanol–water partition coefficient (Wildman–Crippen LogP) is 2.72. The van der Waals surface area contributed by atoms with Crippen LogP contribution in [0.25, 0.3) is 0 Å². The number of aromatic nitrogens is 2. The number of rotatable bonds is 4. The fourth-order valence-corrected chi connectivity index (χ4v) is 3.20. The number of anilines is 2. The molecule has 1 aromatic heterocycles. The van der Waals surface area contributed by atoms with Gasteiger partial charge in [0.25, 0.3) is 0 Å². The van der Waals surface area contributed by atoms with Crippen LogP contribution in [0, 0.1) is 6.92 Å². The monoisotopic (exact) mass is 280 g/mol. The van der Waals surface area contributed by atoms with Gasteiger partial charge in [-0.05, 0) is 26.0 Å². The number of nitrogens with zero attached hydrogens (tertiary/aromatic N) is 3. The lowest BCUT2D eigenvalue weighted by Gasteiger charge is -2.24. The van der Waals surface area contributed by atoms with Crippen LogP contribution in [-0.2, 0) is 6.42 Å². The summed E-state index contributed by atoms with van der Waals surface area (Å²) < 4.78 is 0. The second kappa shape index (κ2) is 6.98. The molecule has 0 amide bonds. The van der Waals surface area contributed by atoms with Crippen LogP contribution in [0.3, 0.4) is 0 Å². The zero-order chi connectivity index (χ0) is 13.7. The van der Waals surface area contributed by atoms with Crippen molar-refractivity contribution in [3.8, 4) is 0 Å². The Morgan fingerprint density at radius 3 is 2.79 bits per heavy atom. The van der Waals surface area contributed by atoms with E-state index in [-0.39, 0.29) is 0 Å². The molecule has 0 bridgehead atoms. The highest BCUT2D eigenvalue weighted by molar-refractivity contribution is 7.99. The van der Waals surface area contributed by atoms with Crippen molar-refractivity contribution in [1.29, 1.82) is 0 Å². The maximum absolute atomic E-state index is 4.76. The highest BCUT2D eigenvalue weighted by Gasteiger charge is 2.17. The lowest BCUT2D eigenvalue weighted by molar-refractivity contribution is 0.782. The van der Waals surface area contributed by atoms with E-state index in [0.29, 0.717) is 0 Å². The lowest BCUT2D eigenvalue weighted by atomic mass is 10.2. The first-order chi connectivity index (χ1) is 9.26. The molecule has 1 fully saturated rings. The van der Waals surface area contributed by atoms with Crippen LogP contribution in [-0.4, -0.2) is 41.1 Å². The van der Waals surface area contributed by atoms with E-state index in [2.05, 4.69) is 36.0 Å². The first kappa shape index (κ1) is 14.4. The van der Waals surface area contributed by atoms with Gasteiger partial charge in [0.15, 0.2) is 0 Å². The molecule has 0 atom stereocenters. The molecule has 1 saturated heterocycles. The largest absolute Gasteiger partial charge is 0.370 e. The third-order valence-electron chi connectivity index (χ3n) is 3.35. The second-order valence-electron chi connectivity index (χ2n) is 4.77. The molecule has 0 aliphatic carbocycles. The van der Waals surface area contributed by atoms with Gasteiger partial charge >= 0.3 is 0 Å². The first-order valence-corrected chi connectivity index (χ1v) is 8.35. The summed E-state index contributed by atoms with van der Waals surface area (Å²) in [6.07, 6.45) is 2.13. The lowest BCUT2D eigenvalue weighted by Crippen LogP contribution is -2.28. The zero-order valence-corrected chi connectivity index (χ0v) is 13.0. The molecule has 19 heavy (non-hydrogen) atoms. The van der Waals surface area contributed by atoms with Crippen molar-refractivity contribution in [3.63, 3.8) is 0 Å². The van der Waals surface area contributed by atoms with Crippen LogP contribution in [0.1, 0.15) is 31.7 Å². The second-order valence-corrected chi connectivity index (χ2v) is 6.00. The van der Waals surface area contributed by atoms with Crippen molar-refractivity contribution in [2.75, 3.05) is 41.4 Å². The van der Waals surface area contributed by atoms with E-state index in [1.54, 1.807) is 0 Å². The van der Waals surface area contributed by atoms with Crippen molar-refractivity contribution in [1.82, 2.24) is 9.97 Å². The van der Waals surface area contributed by atoms with Gasteiger partial charge < -0.3 is 10.2 Å². The number of nitrogens with one attached hydrogen (secondary N) is 1. The van der Waals surface area contributed by atoms with Gasteiger partial charge in [0.1, 0.15) is 17.5 Å². The van der Waals surface area contributed by atoms with E-state index >= 15 is 0 Å². The Morgan fingerprint density at radius 1 is 1.21 bits per heavy atom. The van der Waals surface area contributed by atoms with Crippen molar-refractivity contribution in [2.45, 2.75) is 33.6 Å². The van der Waals surface area contributed by atoms with E-state index in [1.807, 2.05) is 11.8 Å². The number of hydrogen-bond donors (Lipinski definition) is 1. The smallest absolute Gasteiger partial charge is 0.137 e. The minimum Gasteiger partial charge on any atom is -0.370 e. The Kier molecular flexibility index (Phi) is 5.31. The van der Waals surface area contributed by atoms with E-state index in [9.17, 15) is 0 Å². The van der Waals surface area contributed by atoms with Gasteiger partial charge in [0.2, 0.25) is 0 Å². The van der Waals surface area contributed by atoms with Gasteiger partial charge in [-0.2, -0.15) is 11.8 Å². The Labute approximate surface area is 120 Å². The summed E-state index contributed by atoms with van der Waals surface area (Å²) in [4.78, 5) is 11.8. The van der Waals surface area contributed by atoms with Crippen molar-refractivity contribution in [3.05, 3.63) is 11.4 Å². The molecule has 1 aliphatic heterocycles. The predicted molar refractivity (Wildman–Crippen MR) is 84.5 cm³/mol. The maximum atomic E-state index is 4.76. The van der Waals surface area contributed by atoms with E-state index in [4.69, 9.17) is 4.98 Å². The molecule has 1 aromatic rings. The molecular formula is C14H24N4S. The number of hydrogen-bond acceptors (Lipinski definition) is 5. The van der Waals surface area contributed by atoms with Crippen molar-refractivity contribution < 1.29 is 0 Å². The van der Waals surface area contributed by atoms with Crippen LogP contribution in [0.5, 0.6) is 0 Å². The van der Waals surface area contributed by atoms with Crippen LogP contribution in [0.15, 0.2) is 0 Å². The van der Waals surface area contributed by atoms with Crippen LogP contribution < -0.4 is 10.2 Å². The summed E-state index contributed by atoms with van der Waals surface area (Å²) in [7, 11) is 0. The van der Waals surface area contributed by atoms with E-state index in [0.717, 1.165) is 43.5 Å². The SMILES string of the molecule is CCNc1nc(CC)nc(N2CCCSCC2)c1C. The first-order valence-electron chi connectivity index (χ1n) is 7.20. The molecule has 2 rings (SSSR count). The molecule has 0 saturated carbocycles. The third kappa shape index (κ3) is 3.53. The fraction of sp³-hybridized carbons (Fsp3) is 0.714. The Hall–Kier alpha value is -0.970. The van der Waals surface area contributed by atoms with E-state index < -0.39 is 0 Å². The molecule has 5 heteroatoms. The highest BCUT2D eigenvalue weighted by Crippen LogP contribution is 2.25. The molecule has 0 radical (unpaired) electrons. The highest BCUT2D eigenvalue weighted by atomic mass is 32.2. The summed E-state index contributed by atoms with van der Waals surface area (Å²) in [6, 6.07) is 0. The topological polar surface area (TPSA) is 41.1 Å². The van der Waals surface area contributed by atoms with Gasteiger partial charge in [-0.15, -0.1) is 0 Å². The Morgan fingerprint density at radius 2 is 2.05 bits per heavy atom. The quantitative estimate of drug-likeness (QED) is 0.918. The molecule has 0 unspecified atom stereocenters. The van der Waals surface area contributed by atoms with Gasteiger partial charge in [-0.1, -0.05) is 6.92 Å². The molecule has 2 heterocycles. The third-order valence-corrected chi connectivity index (χ3v) is 4.40. The summed E-state index contributed by atoms with van der Waals surface area (Å²) in [5.41, 5.74) is 1.19. The number of aryl methyl sites for hydroxylation is 1. The van der Waals surface area contributed by atoms with Crippen LogP contribution >= 0.6 is 11.8 Å². The molecule has 1 aliphatic rings.